The van der Waals surface area contributed by atoms with E-state index in [-0.39, 0.29) is 10.8 Å². The summed E-state index contributed by atoms with van der Waals surface area (Å²) in [5, 5.41) is 10.1. The van der Waals surface area contributed by atoms with E-state index < -0.39 is 0 Å². The monoisotopic (exact) mass is 250 g/mol. The molecule has 1 N–H and O–H groups in total. The molecule has 0 bridgehead atoms. The summed E-state index contributed by atoms with van der Waals surface area (Å²) < 4.78 is 5.25. The molecule has 2 nitrogen and oxygen atoms in total. The average molecular weight is 250 g/mol. The van der Waals surface area contributed by atoms with Crippen molar-refractivity contribution in [2.45, 2.75) is 59.0 Å². The molecule has 1 aromatic carbocycles. The molecule has 0 saturated heterocycles. The Morgan fingerprint density at radius 1 is 1.00 bits per heavy atom. The number of phenolic OH excluding ortho intramolecular Hbond substituents is 1. The van der Waals surface area contributed by atoms with Crippen molar-refractivity contribution in [3.8, 4) is 5.75 Å². The number of phenols is 1. The molecular weight excluding hydrogens is 224 g/mol. The van der Waals surface area contributed by atoms with Crippen LogP contribution < -0.4 is 0 Å². The summed E-state index contributed by atoms with van der Waals surface area (Å²) in [7, 11) is 1.66. The Morgan fingerprint density at radius 3 is 1.94 bits per heavy atom. The summed E-state index contributed by atoms with van der Waals surface area (Å²) in [6.07, 6.45) is 0. The molecule has 0 saturated carbocycles. The third-order valence-electron chi connectivity index (χ3n) is 3.13. The van der Waals surface area contributed by atoms with Gasteiger partial charge in [-0.2, -0.15) is 0 Å². The molecule has 0 aliphatic carbocycles. The van der Waals surface area contributed by atoms with Crippen LogP contribution in [0, 0.1) is 0 Å². The Morgan fingerprint density at radius 2 is 1.56 bits per heavy atom. The first-order valence-corrected chi connectivity index (χ1v) is 6.43. The van der Waals surface area contributed by atoms with Gasteiger partial charge in [0.15, 0.2) is 0 Å². The molecule has 0 amide bonds. The number of benzene rings is 1. The number of aromatic hydroxyl groups is 1. The van der Waals surface area contributed by atoms with E-state index in [9.17, 15) is 5.11 Å². The second-order valence-corrected chi connectivity index (χ2v) is 6.92. The van der Waals surface area contributed by atoms with E-state index in [1.165, 1.54) is 11.1 Å². The molecule has 1 rings (SSSR count). The molecule has 1 aromatic rings. The molecular formula is C16H26O2. The predicted molar refractivity (Wildman–Crippen MR) is 76.2 cm³/mol. The molecule has 18 heavy (non-hydrogen) atoms. The van der Waals surface area contributed by atoms with Gasteiger partial charge >= 0.3 is 0 Å². The first-order valence-electron chi connectivity index (χ1n) is 6.43. The van der Waals surface area contributed by atoms with E-state index in [0.717, 1.165) is 5.56 Å². The fourth-order valence-corrected chi connectivity index (χ4v) is 2.41. The zero-order chi connectivity index (χ0) is 14.1. The number of methoxy groups -OCH3 is 1. The fourth-order valence-electron chi connectivity index (χ4n) is 2.41. The smallest absolute Gasteiger partial charge is 0.121 e. The lowest BCUT2D eigenvalue weighted by molar-refractivity contribution is 0.180. The van der Waals surface area contributed by atoms with Gasteiger partial charge in [0.2, 0.25) is 0 Å². The Kier molecular flexibility index (Phi) is 4.12. The highest BCUT2D eigenvalue weighted by Crippen LogP contribution is 2.39. The van der Waals surface area contributed by atoms with E-state index in [1.54, 1.807) is 13.2 Å². The van der Waals surface area contributed by atoms with E-state index in [1.807, 2.05) is 6.07 Å². The molecule has 0 fully saturated rings. The van der Waals surface area contributed by atoms with Gasteiger partial charge in [-0.05, 0) is 28.0 Å². The lowest BCUT2D eigenvalue weighted by Crippen LogP contribution is -2.24. The third-order valence-corrected chi connectivity index (χ3v) is 3.13. The van der Waals surface area contributed by atoms with Gasteiger partial charge in [0.1, 0.15) is 5.75 Å². The van der Waals surface area contributed by atoms with Crippen molar-refractivity contribution in [1.29, 1.82) is 0 Å². The highest BCUT2D eigenvalue weighted by Gasteiger charge is 2.29. The SMILES string of the molecule is COCc1c(O)ccc(C(C)(C)C)c1C(C)(C)C. The first-order chi connectivity index (χ1) is 8.09. The van der Waals surface area contributed by atoms with Crippen LogP contribution in [0.5, 0.6) is 5.75 Å². The predicted octanol–water partition coefficient (Wildman–Crippen LogP) is 4.13. The van der Waals surface area contributed by atoms with Crippen LogP contribution in [0.25, 0.3) is 0 Å². The van der Waals surface area contributed by atoms with Crippen LogP contribution in [0.15, 0.2) is 12.1 Å². The normalized spacial score (nSPS) is 12.8. The fraction of sp³-hybridized carbons (Fsp3) is 0.625. The second kappa shape index (κ2) is 4.93. The van der Waals surface area contributed by atoms with Crippen LogP contribution >= 0.6 is 0 Å². The molecule has 0 unspecified atom stereocenters. The zero-order valence-electron chi connectivity index (χ0n) is 12.7. The highest BCUT2D eigenvalue weighted by atomic mass is 16.5. The Labute approximate surface area is 111 Å². The van der Waals surface area contributed by atoms with Gasteiger partial charge in [0, 0.05) is 12.7 Å². The highest BCUT2D eigenvalue weighted by molar-refractivity contribution is 5.50. The van der Waals surface area contributed by atoms with Crippen LogP contribution in [-0.4, -0.2) is 12.2 Å². The molecule has 0 radical (unpaired) electrons. The van der Waals surface area contributed by atoms with Gasteiger partial charge < -0.3 is 9.84 Å². The van der Waals surface area contributed by atoms with Gasteiger partial charge in [-0.15, -0.1) is 0 Å². The zero-order valence-corrected chi connectivity index (χ0v) is 12.7. The largest absolute Gasteiger partial charge is 0.508 e. The number of ether oxygens (including phenoxy) is 1. The molecule has 0 aliphatic heterocycles. The summed E-state index contributed by atoms with van der Waals surface area (Å²) in [6, 6.07) is 3.82. The number of hydrogen-bond acceptors (Lipinski definition) is 2. The molecule has 0 atom stereocenters. The minimum atomic E-state index is -0.0186. The van der Waals surface area contributed by atoms with Crippen molar-refractivity contribution < 1.29 is 9.84 Å². The van der Waals surface area contributed by atoms with E-state index in [4.69, 9.17) is 4.74 Å². The van der Waals surface area contributed by atoms with E-state index in [0.29, 0.717) is 12.4 Å². The minimum absolute atomic E-state index is 0.0186. The van der Waals surface area contributed by atoms with Gasteiger partial charge in [-0.3, -0.25) is 0 Å². The summed E-state index contributed by atoms with van der Waals surface area (Å²) >= 11 is 0. The average Bonchev–Trinajstić information content (AvgIpc) is 2.17. The lowest BCUT2D eigenvalue weighted by atomic mass is 9.73. The van der Waals surface area contributed by atoms with E-state index >= 15 is 0 Å². The maximum absolute atomic E-state index is 10.1. The third kappa shape index (κ3) is 3.05. The maximum Gasteiger partial charge on any atom is 0.121 e. The van der Waals surface area contributed by atoms with E-state index in [2.05, 4.69) is 41.5 Å². The summed E-state index contributed by atoms with van der Waals surface area (Å²) in [4.78, 5) is 0. The van der Waals surface area contributed by atoms with Gasteiger partial charge in [-0.25, -0.2) is 0 Å². The van der Waals surface area contributed by atoms with Crippen LogP contribution in [0.3, 0.4) is 0 Å². The van der Waals surface area contributed by atoms with Crippen molar-refractivity contribution >= 4 is 0 Å². The summed E-state index contributed by atoms with van der Waals surface area (Å²) in [5.74, 6) is 0.328. The van der Waals surface area contributed by atoms with Crippen LogP contribution in [0.1, 0.15) is 58.2 Å². The molecule has 0 heterocycles. The topological polar surface area (TPSA) is 29.5 Å². The lowest BCUT2D eigenvalue weighted by Gasteiger charge is -2.32. The summed E-state index contributed by atoms with van der Waals surface area (Å²) in [5.41, 5.74) is 3.43. The van der Waals surface area contributed by atoms with Crippen molar-refractivity contribution in [1.82, 2.24) is 0 Å². The van der Waals surface area contributed by atoms with Gasteiger partial charge in [0.05, 0.1) is 6.61 Å². The standard InChI is InChI=1S/C16H26O2/c1-15(2,3)12-8-9-13(17)11(10-18-7)14(12)16(4,5)6/h8-9,17H,10H2,1-7H3. The van der Waals surface area contributed by atoms with Crippen LogP contribution in [-0.2, 0) is 22.2 Å². The Balaban J connectivity index is 3.60. The van der Waals surface area contributed by atoms with Crippen molar-refractivity contribution in [2.75, 3.05) is 7.11 Å². The van der Waals surface area contributed by atoms with Gasteiger partial charge in [-0.1, -0.05) is 47.6 Å². The Bertz CT molecular complexity index is 420. The van der Waals surface area contributed by atoms with Crippen molar-refractivity contribution in [3.63, 3.8) is 0 Å². The molecule has 0 aromatic heterocycles. The number of hydrogen-bond donors (Lipinski definition) is 1. The first kappa shape index (κ1) is 15.0. The molecule has 0 spiro atoms. The summed E-state index contributed by atoms with van der Waals surface area (Å²) in [6.45, 7) is 13.6. The molecule has 102 valence electrons. The molecule has 0 aliphatic rings. The van der Waals surface area contributed by atoms with Crippen molar-refractivity contribution in [3.05, 3.63) is 28.8 Å². The van der Waals surface area contributed by atoms with Crippen molar-refractivity contribution in [2.24, 2.45) is 0 Å². The van der Waals surface area contributed by atoms with Crippen LogP contribution in [0.2, 0.25) is 0 Å². The maximum atomic E-state index is 10.1. The quantitative estimate of drug-likeness (QED) is 0.855. The second-order valence-electron chi connectivity index (χ2n) is 6.92. The molecule has 2 heteroatoms. The van der Waals surface area contributed by atoms with Gasteiger partial charge in [0.25, 0.3) is 0 Å². The Hall–Kier alpha value is -1.02. The number of rotatable bonds is 2. The minimum Gasteiger partial charge on any atom is -0.508 e. The van der Waals surface area contributed by atoms with Crippen LogP contribution in [0.4, 0.5) is 0 Å².